The lowest BCUT2D eigenvalue weighted by molar-refractivity contribution is 0.923. The Hall–Kier alpha value is -3.02. The van der Waals surface area contributed by atoms with Crippen molar-refractivity contribution in [3.63, 3.8) is 0 Å². The molecule has 0 aliphatic rings. The number of aryl methyl sites for hydroxylation is 2. The van der Waals surface area contributed by atoms with Gasteiger partial charge in [-0.05, 0) is 42.8 Å². The molecule has 0 radical (unpaired) electrons. The van der Waals surface area contributed by atoms with Gasteiger partial charge in [-0.15, -0.1) is 33.9 Å². The molecule has 5 rings (SSSR count). The first-order valence-electron chi connectivity index (χ1n) is 9.11. The maximum Gasteiger partial charge on any atom is 0.117 e. The first-order valence-corrected chi connectivity index (χ1v) is 9.93. The second-order valence-electron chi connectivity index (χ2n) is 6.83. The maximum atomic E-state index is 4.62. The summed E-state index contributed by atoms with van der Waals surface area (Å²) < 4.78 is 2.07. The predicted molar refractivity (Wildman–Crippen MR) is 122 cm³/mol. The largest absolute Gasteiger partial charge is 0.349 e. The summed E-state index contributed by atoms with van der Waals surface area (Å²) in [4.78, 5) is 6.78. The van der Waals surface area contributed by atoms with Gasteiger partial charge in [0.1, 0.15) is 11.4 Å². The molecule has 0 saturated carbocycles. The van der Waals surface area contributed by atoms with Crippen molar-refractivity contribution in [3.8, 4) is 32.5 Å². The van der Waals surface area contributed by atoms with Crippen LogP contribution in [0.25, 0.3) is 43.3 Å². The minimum Gasteiger partial charge on any atom is -0.349 e. The third-order valence-electron chi connectivity index (χ3n) is 4.88. The van der Waals surface area contributed by atoms with Crippen LogP contribution in [0.2, 0.25) is 0 Å². The van der Waals surface area contributed by atoms with E-state index in [0.717, 1.165) is 48.9 Å². The number of rotatable bonds is 3. The van der Waals surface area contributed by atoms with Crippen LogP contribution in [-0.4, -0.2) is 19.7 Å². The Labute approximate surface area is 179 Å². The van der Waals surface area contributed by atoms with Gasteiger partial charge in [-0.1, -0.05) is 30.3 Å². The van der Waals surface area contributed by atoms with E-state index in [-0.39, 0.29) is 12.4 Å². The Morgan fingerprint density at radius 3 is 2.21 bits per heavy atom. The molecule has 0 bridgehead atoms. The van der Waals surface area contributed by atoms with E-state index in [1.807, 2.05) is 32.4 Å². The van der Waals surface area contributed by atoms with Gasteiger partial charge in [0.25, 0.3) is 0 Å². The molecule has 6 heteroatoms. The van der Waals surface area contributed by atoms with Crippen molar-refractivity contribution >= 4 is 34.5 Å². The summed E-state index contributed by atoms with van der Waals surface area (Å²) in [6, 6.07) is 20.8. The lowest BCUT2D eigenvalue weighted by Gasteiger charge is -2.09. The van der Waals surface area contributed by atoms with Crippen molar-refractivity contribution in [2.75, 3.05) is 0 Å². The van der Waals surface area contributed by atoms with E-state index >= 15 is 0 Å². The number of nitrogens with zero attached hydrogens (tertiary/aromatic N) is 4. The molecule has 144 valence electrons. The second kappa shape index (κ2) is 7.78. The highest BCUT2D eigenvalue weighted by Gasteiger charge is 2.15. The topological polar surface area (TPSA) is 43.6 Å². The van der Waals surface area contributed by atoms with Crippen LogP contribution in [-0.2, 0) is 7.05 Å². The van der Waals surface area contributed by atoms with Gasteiger partial charge >= 0.3 is 0 Å². The van der Waals surface area contributed by atoms with Crippen molar-refractivity contribution in [1.82, 2.24) is 19.7 Å². The highest BCUT2D eigenvalue weighted by molar-refractivity contribution is 7.18. The highest BCUT2D eigenvalue weighted by Crippen LogP contribution is 2.37. The van der Waals surface area contributed by atoms with E-state index < -0.39 is 0 Å². The average molecular weight is 419 g/mol. The standard InChI is InChI=1S/C23H18N4S.ClH/c1-15-9-10-18(24-14-15)20-11-12-21(28-20)23-17-7-4-3-6-16(17)22(25-26-23)19-8-5-13-27(19)2;/h3-14H,1-2H3;1H. The van der Waals surface area contributed by atoms with Crippen molar-refractivity contribution in [2.45, 2.75) is 6.92 Å². The third kappa shape index (κ3) is 3.43. The minimum absolute atomic E-state index is 0. The van der Waals surface area contributed by atoms with Gasteiger partial charge in [0.05, 0.1) is 21.1 Å². The number of hydrogen-bond acceptors (Lipinski definition) is 4. The monoisotopic (exact) mass is 418 g/mol. The molecule has 0 aliphatic carbocycles. The van der Waals surface area contributed by atoms with Crippen molar-refractivity contribution < 1.29 is 0 Å². The summed E-state index contributed by atoms with van der Waals surface area (Å²) in [5, 5.41) is 11.4. The lowest BCUT2D eigenvalue weighted by Crippen LogP contribution is -1.97. The van der Waals surface area contributed by atoms with Crippen LogP contribution in [0.1, 0.15) is 5.56 Å². The first kappa shape index (κ1) is 19.3. The van der Waals surface area contributed by atoms with E-state index in [2.05, 4.69) is 74.3 Å². The van der Waals surface area contributed by atoms with Gasteiger partial charge in [0, 0.05) is 30.2 Å². The van der Waals surface area contributed by atoms with Gasteiger partial charge in [-0.3, -0.25) is 4.98 Å². The summed E-state index contributed by atoms with van der Waals surface area (Å²) in [6.45, 7) is 2.05. The zero-order chi connectivity index (χ0) is 19.1. The predicted octanol–water partition coefficient (Wildman–Crippen LogP) is 6.16. The van der Waals surface area contributed by atoms with Crippen LogP contribution in [0.4, 0.5) is 0 Å². The van der Waals surface area contributed by atoms with Crippen LogP contribution < -0.4 is 0 Å². The maximum absolute atomic E-state index is 4.62. The molecular formula is C23H19ClN4S. The van der Waals surface area contributed by atoms with E-state index in [9.17, 15) is 0 Å². The van der Waals surface area contributed by atoms with Crippen molar-refractivity contribution in [1.29, 1.82) is 0 Å². The van der Waals surface area contributed by atoms with Crippen molar-refractivity contribution in [3.05, 3.63) is 78.6 Å². The van der Waals surface area contributed by atoms with Crippen LogP contribution in [0, 0.1) is 6.92 Å². The lowest BCUT2D eigenvalue weighted by atomic mass is 10.1. The number of pyridine rings is 1. The number of hydrogen-bond donors (Lipinski definition) is 0. The van der Waals surface area contributed by atoms with Crippen LogP contribution in [0.15, 0.2) is 73.1 Å². The number of halogens is 1. The molecular weight excluding hydrogens is 400 g/mol. The average Bonchev–Trinajstić information content (AvgIpc) is 3.37. The SMILES string of the molecule is Cc1ccc(-c2ccc(-c3nnc(-c4cccn4C)c4ccccc34)s2)nc1.Cl. The summed E-state index contributed by atoms with van der Waals surface area (Å²) in [5.74, 6) is 0. The molecule has 0 saturated heterocycles. The van der Waals surface area contributed by atoms with Gasteiger partial charge in [-0.2, -0.15) is 0 Å². The van der Waals surface area contributed by atoms with Crippen molar-refractivity contribution in [2.24, 2.45) is 7.05 Å². The minimum atomic E-state index is 0. The quantitative estimate of drug-likeness (QED) is 0.352. The molecule has 0 unspecified atom stereocenters. The number of benzene rings is 1. The fourth-order valence-corrected chi connectivity index (χ4v) is 4.38. The summed E-state index contributed by atoms with van der Waals surface area (Å²) in [6.07, 6.45) is 3.93. The molecule has 0 aliphatic heterocycles. The Morgan fingerprint density at radius 2 is 1.52 bits per heavy atom. The van der Waals surface area contributed by atoms with Crippen LogP contribution in [0.3, 0.4) is 0 Å². The molecule has 4 nitrogen and oxygen atoms in total. The molecule has 4 aromatic heterocycles. The molecule has 0 spiro atoms. The van der Waals surface area contributed by atoms with E-state index in [0.29, 0.717) is 0 Å². The van der Waals surface area contributed by atoms with E-state index in [1.165, 1.54) is 0 Å². The van der Waals surface area contributed by atoms with Crippen LogP contribution >= 0.6 is 23.7 Å². The Kier molecular flexibility index (Phi) is 5.18. The fraction of sp³-hybridized carbons (Fsp3) is 0.0870. The van der Waals surface area contributed by atoms with E-state index in [4.69, 9.17) is 0 Å². The number of fused-ring (bicyclic) bond motifs is 1. The molecule has 29 heavy (non-hydrogen) atoms. The van der Waals surface area contributed by atoms with E-state index in [1.54, 1.807) is 11.3 Å². The molecule has 0 amide bonds. The summed E-state index contributed by atoms with van der Waals surface area (Å²) in [5.41, 5.74) is 5.03. The summed E-state index contributed by atoms with van der Waals surface area (Å²) >= 11 is 1.70. The van der Waals surface area contributed by atoms with Gasteiger partial charge in [-0.25, -0.2) is 0 Å². The zero-order valence-corrected chi connectivity index (χ0v) is 17.7. The Morgan fingerprint density at radius 1 is 0.793 bits per heavy atom. The first-order chi connectivity index (χ1) is 13.7. The van der Waals surface area contributed by atoms with Gasteiger partial charge in [0.2, 0.25) is 0 Å². The van der Waals surface area contributed by atoms with Gasteiger partial charge in [0.15, 0.2) is 0 Å². The fourth-order valence-electron chi connectivity index (χ4n) is 3.40. The summed E-state index contributed by atoms with van der Waals surface area (Å²) in [7, 11) is 2.03. The number of thiophene rings is 1. The molecule has 0 fully saturated rings. The molecule has 1 aromatic carbocycles. The Balaban J connectivity index is 0.00000205. The zero-order valence-electron chi connectivity index (χ0n) is 16.0. The highest BCUT2D eigenvalue weighted by atomic mass is 35.5. The smallest absolute Gasteiger partial charge is 0.117 e. The third-order valence-corrected chi connectivity index (χ3v) is 5.99. The second-order valence-corrected chi connectivity index (χ2v) is 7.92. The molecule has 0 N–H and O–H groups in total. The normalized spacial score (nSPS) is 10.8. The molecule has 0 atom stereocenters. The van der Waals surface area contributed by atoms with Gasteiger partial charge < -0.3 is 4.57 Å². The number of aromatic nitrogens is 4. The Bertz CT molecular complexity index is 1290. The molecule has 5 aromatic rings. The van der Waals surface area contributed by atoms with Crippen LogP contribution in [0.5, 0.6) is 0 Å². The molecule has 4 heterocycles.